The van der Waals surface area contributed by atoms with Gasteiger partial charge >= 0.3 is 0 Å². The quantitative estimate of drug-likeness (QED) is 0.270. The maximum atomic E-state index is 13.8. The molecule has 2 aromatic rings. The highest BCUT2D eigenvalue weighted by Crippen LogP contribution is 2.51. The van der Waals surface area contributed by atoms with Crippen molar-refractivity contribution in [3.05, 3.63) is 58.4 Å². The molecule has 12 heteroatoms. The average Bonchev–Trinajstić information content (AvgIpc) is 3.10. The van der Waals surface area contributed by atoms with Gasteiger partial charge < -0.3 is 15.3 Å². The van der Waals surface area contributed by atoms with Gasteiger partial charge in [0, 0.05) is 23.4 Å². The largest absolute Gasteiger partial charge is 0.390 e. The molecule has 2 aromatic carbocycles. The van der Waals surface area contributed by atoms with E-state index >= 15 is 0 Å². The van der Waals surface area contributed by atoms with E-state index in [9.17, 15) is 31.5 Å². The molecule has 0 heterocycles. The Balaban J connectivity index is 1.57. The summed E-state index contributed by atoms with van der Waals surface area (Å²) >= 11 is 6.27. The highest BCUT2D eigenvalue weighted by molar-refractivity contribution is 7.92. The molecule has 2 saturated carbocycles. The minimum Gasteiger partial charge on any atom is -0.390 e. The summed E-state index contributed by atoms with van der Waals surface area (Å²) in [6, 6.07) is 4.86. The number of aliphatic hydroxyl groups is 1. The van der Waals surface area contributed by atoms with Gasteiger partial charge in [-0.15, -0.1) is 0 Å². The molecule has 2 fully saturated rings. The number of hydrogen-bond donors (Lipinski definition) is 2. The number of carbonyl (C=O) groups is 1. The maximum Gasteiger partial charge on any atom is 0.255 e. The van der Waals surface area contributed by atoms with Gasteiger partial charge in [-0.25, -0.2) is 21.6 Å². The molecule has 1 amide bonds. The van der Waals surface area contributed by atoms with Crippen molar-refractivity contribution in [3.8, 4) is 0 Å². The van der Waals surface area contributed by atoms with Crippen molar-refractivity contribution < 1.29 is 36.3 Å². The summed E-state index contributed by atoms with van der Waals surface area (Å²) in [5.74, 6) is -6.25. The highest BCUT2D eigenvalue weighted by atomic mass is 35.5. The molecular weight excluding hydrogens is 545 g/mol. The number of benzene rings is 2. The summed E-state index contributed by atoms with van der Waals surface area (Å²) in [5.41, 5.74) is -2.31. The van der Waals surface area contributed by atoms with E-state index in [-0.39, 0.29) is 45.8 Å². The molecule has 2 aliphatic rings. The zero-order valence-electron chi connectivity index (χ0n) is 21.0. The fourth-order valence-electron chi connectivity index (χ4n) is 5.30. The lowest BCUT2D eigenvalue weighted by molar-refractivity contribution is -0.00664. The van der Waals surface area contributed by atoms with Gasteiger partial charge in [0.1, 0.15) is 11.2 Å². The molecular formula is C26H28ClF3N2O5S. The number of hydrogen-bond acceptors (Lipinski definition) is 6. The van der Waals surface area contributed by atoms with Crippen LogP contribution in [0.2, 0.25) is 5.02 Å². The molecule has 0 saturated heterocycles. The van der Waals surface area contributed by atoms with Gasteiger partial charge in [0.05, 0.1) is 21.4 Å². The van der Waals surface area contributed by atoms with Gasteiger partial charge in [-0.05, 0) is 76.5 Å². The molecule has 7 nitrogen and oxygen atoms in total. The minimum atomic E-state index is -4.04. The Morgan fingerprint density at radius 2 is 1.71 bits per heavy atom. The summed E-state index contributed by atoms with van der Waals surface area (Å²) in [6.07, 6.45) is 2.86. The lowest BCUT2D eigenvalue weighted by Gasteiger charge is -2.38. The molecule has 2 bridgehead atoms. The Morgan fingerprint density at radius 3 is 2.26 bits per heavy atom. The van der Waals surface area contributed by atoms with Crippen LogP contribution in [0.15, 0.2) is 40.4 Å². The van der Waals surface area contributed by atoms with Crippen LogP contribution >= 0.6 is 11.6 Å². The van der Waals surface area contributed by atoms with E-state index in [1.54, 1.807) is 0 Å². The number of amides is 1. The molecule has 2 unspecified atom stereocenters. The Labute approximate surface area is 223 Å². The Morgan fingerprint density at radius 1 is 1.13 bits per heavy atom. The summed E-state index contributed by atoms with van der Waals surface area (Å²) in [6.45, 7) is 5.45. The van der Waals surface area contributed by atoms with Crippen molar-refractivity contribution in [3.63, 3.8) is 0 Å². The second kappa shape index (κ2) is 10.2. The molecule has 2 aliphatic carbocycles. The maximum absolute atomic E-state index is 13.8. The van der Waals surface area contributed by atoms with Crippen LogP contribution in [-0.4, -0.2) is 42.1 Å². The molecule has 0 radical (unpaired) electrons. The summed E-state index contributed by atoms with van der Waals surface area (Å²) in [4.78, 5) is 17.8. The van der Waals surface area contributed by atoms with E-state index in [0.717, 1.165) is 6.07 Å². The number of nitrogens with zero attached hydrogens (tertiary/aromatic N) is 1. The summed E-state index contributed by atoms with van der Waals surface area (Å²) in [7, 11) is -4.04. The lowest BCUT2D eigenvalue weighted by Crippen LogP contribution is -2.47. The third kappa shape index (κ3) is 5.84. The van der Waals surface area contributed by atoms with Gasteiger partial charge in [0.15, 0.2) is 27.3 Å². The van der Waals surface area contributed by atoms with Gasteiger partial charge in [-0.3, -0.25) is 4.79 Å². The number of nitrogens with one attached hydrogen (secondary N) is 1. The first-order valence-electron chi connectivity index (χ1n) is 12.0. The molecule has 0 aliphatic heterocycles. The smallest absolute Gasteiger partial charge is 0.255 e. The SMILES string of the molecule is CC(C)(C)O/N=C/[C@]1(O)CC2CC[C@@H](C1)C2S(=O)(=O)c1cc(C(=O)Nc2cc(F)c(F)c(F)c2)ccc1Cl. The molecule has 4 atom stereocenters. The van der Waals surface area contributed by atoms with E-state index in [0.29, 0.717) is 25.0 Å². The zero-order valence-corrected chi connectivity index (χ0v) is 22.5. The van der Waals surface area contributed by atoms with Gasteiger partial charge in [-0.1, -0.05) is 16.8 Å². The average molecular weight is 573 g/mol. The molecule has 206 valence electrons. The fraction of sp³-hybridized carbons (Fsp3) is 0.462. The number of fused-ring (bicyclic) bond motifs is 2. The van der Waals surface area contributed by atoms with Crippen LogP contribution < -0.4 is 5.32 Å². The number of rotatable bonds is 6. The first-order valence-corrected chi connectivity index (χ1v) is 14.0. The molecule has 38 heavy (non-hydrogen) atoms. The third-order valence-corrected chi connectivity index (χ3v) is 9.67. The Bertz CT molecular complexity index is 1360. The van der Waals surface area contributed by atoms with E-state index in [1.807, 2.05) is 20.8 Å². The number of halogens is 4. The van der Waals surface area contributed by atoms with Crippen LogP contribution in [-0.2, 0) is 14.7 Å². The predicted octanol–water partition coefficient (Wildman–Crippen LogP) is 5.50. The Hall–Kier alpha value is -2.63. The van der Waals surface area contributed by atoms with Crippen molar-refractivity contribution in [2.75, 3.05) is 5.32 Å². The molecule has 4 rings (SSSR count). The normalized spacial score (nSPS) is 25.5. The standard InChI is InChI=1S/C26H28ClF3N2O5S/c1-25(2,3)37-31-13-26(34)11-15-4-5-16(12-26)23(15)38(35,36)21-8-14(6-7-18(21)27)24(33)32-17-9-19(28)22(30)20(29)10-17/h6-10,13,15-16,23,34H,4-5,11-12H2,1-3H3,(H,32,33)/b31-13+/t15-,16?,23?,26+/m0/s1. The van der Waals surface area contributed by atoms with E-state index in [4.69, 9.17) is 16.4 Å². The van der Waals surface area contributed by atoms with Crippen molar-refractivity contribution in [2.45, 2.75) is 67.8 Å². The van der Waals surface area contributed by atoms with E-state index in [2.05, 4.69) is 10.5 Å². The zero-order chi connectivity index (χ0) is 28.0. The topological polar surface area (TPSA) is 105 Å². The molecule has 2 N–H and O–H groups in total. The van der Waals surface area contributed by atoms with Crippen LogP contribution in [0.5, 0.6) is 0 Å². The van der Waals surface area contributed by atoms with E-state index in [1.165, 1.54) is 18.3 Å². The number of sulfone groups is 1. The molecule has 0 spiro atoms. The van der Waals surface area contributed by atoms with Crippen molar-refractivity contribution in [1.29, 1.82) is 0 Å². The summed E-state index contributed by atoms with van der Waals surface area (Å²) < 4.78 is 67.9. The number of anilines is 1. The summed E-state index contributed by atoms with van der Waals surface area (Å²) in [5, 5.41) is 16.3. The fourth-order valence-corrected chi connectivity index (χ4v) is 8.15. The van der Waals surface area contributed by atoms with Gasteiger partial charge in [0.2, 0.25) is 0 Å². The van der Waals surface area contributed by atoms with Crippen LogP contribution in [0.3, 0.4) is 0 Å². The van der Waals surface area contributed by atoms with E-state index < -0.39 is 49.6 Å². The minimum absolute atomic E-state index is 0.0826. The van der Waals surface area contributed by atoms with Gasteiger partial charge in [-0.2, -0.15) is 0 Å². The number of carbonyl (C=O) groups excluding carboxylic acids is 1. The predicted molar refractivity (Wildman–Crippen MR) is 136 cm³/mol. The lowest BCUT2D eigenvalue weighted by atomic mass is 9.78. The highest BCUT2D eigenvalue weighted by Gasteiger charge is 2.54. The second-order valence-corrected chi connectivity index (χ2v) is 13.4. The van der Waals surface area contributed by atoms with Crippen LogP contribution in [0.4, 0.5) is 18.9 Å². The number of oxime groups is 1. The van der Waals surface area contributed by atoms with Crippen molar-refractivity contribution in [2.24, 2.45) is 17.0 Å². The van der Waals surface area contributed by atoms with Crippen molar-refractivity contribution in [1.82, 2.24) is 0 Å². The first-order chi connectivity index (χ1) is 17.6. The Kier molecular flexibility index (Phi) is 7.59. The second-order valence-electron chi connectivity index (χ2n) is 10.9. The van der Waals surface area contributed by atoms with Crippen LogP contribution in [0.1, 0.15) is 56.8 Å². The first kappa shape index (κ1) is 28.4. The molecule has 0 aromatic heterocycles. The third-order valence-electron chi connectivity index (χ3n) is 6.79. The van der Waals surface area contributed by atoms with Gasteiger partial charge in [0.25, 0.3) is 5.91 Å². The monoisotopic (exact) mass is 572 g/mol. The van der Waals surface area contributed by atoms with Crippen molar-refractivity contribution >= 4 is 39.2 Å². The van der Waals surface area contributed by atoms with Crippen LogP contribution in [0, 0.1) is 29.3 Å². The van der Waals surface area contributed by atoms with Crippen LogP contribution in [0.25, 0.3) is 0 Å².